The molecule has 0 atom stereocenters. The van der Waals surface area contributed by atoms with E-state index in [1.807, 2.05) is 13.8 Å². The predicted molar refractivity (Wildman–Crippen MR) is 84.8 cm³/mol. The third-order valence-corrected chi connectivity index (χ3v) is 4.68. The van der Waals surface area contributed by atoms with E-state index in [2.05, 4.69) is 46.4 Å². The summed E-state index contributed by atoms with van der Waals surface area (Å²) >= 11 is 3.21. The number of halogens is 1. The highest BCUT2D eigenvalue weighted by Crippen LogP contribution is 2.29. The van der Waals surface area contributed by atoms with E-state index < -0.39 is 15.6 Å². The number of pyridine rings is 1. The number of nitrogens with one attached hydrogen (secondary N) is 1. The number of rotatable bonds is 4. The molecule has 1 heterocycles. The standard InChI is InChI=1S/C13H22BrN3O2S/c1-12(2,3)8-13(4,5)17-20(18,19)10-6-9(14)7-16-11(10)15/h6-7,17H,8H2,1-5H3,(H2,15,16). The number of aromatic nitrogens is 1. The lowest BCUT2D eigenvalue weighted by Crippen LogP contribution is -2.45. The van der Waals surface area contributed by atoms with Crippen LogP contribution in [0.1, 0.15) is 41.0 Å². The minimum absolute atomic E-state index is 0.00569. The third-order valence-electron chi connectivity index (χ3n) is 2.52. The Bertz CT molecular complexity index is 592. The summed E-state index contributed by atoms with van der Waals surface area (Å²) in [6.07, 6.45) is 2.16. The summed E-state index contributed by atoms with van der Waals surface area (Å²) in [6.45, 7) is 9.92. The molecule has 0 saturated heterocycles. The maximum absolute atomic E-state index is 12.5. The van der Waals surface area contributed by atoms with Gasteiger partial charge < -0.3 is 5.73 Å². The summed E-state index contributed by atoms with van der Waals surface area (Å²) in [6, 6.07) is 1.46. The van der Waals surface area contributed by atoms with Crippen LogP contribution < -0.4 is 10.5 Å². The van der Waals surface area contributed by atoms with E-state index in [0.29, 0.717) is 10.9 Å². The van der Waals surface area contributed by atoms with Crippen molar-refractivity contribution in [2.24, 2.45) is 5.41 Å². The van der Waals surface area contributed by atoms with Gasteiger partial charge in [0.25, 0.3) is 0 Å². The summed E-state index contributed by atoms with van der Waals surface area (Å²) in [7, 11) is -3.71. The van der Waals surface area contributed by atoms with Crippen LogP contribution in [0.25, 0.3) is 0 Å². The molecule has 5 nitrogen and oxygen atoms in total. The molecule has 3 N–H and O–H groups in total. The van der Waals surface area contributed by atoms with Crippen molar-refractivity contribution >= 4 is 31.8 Å². The Kier molecular flexibility index (Phi) is 4.88. The zero-order chi connectivity index (χ0) is 15.8. The summed E-state index contributed by atoms with van der Waals surface area (Å²) in [5, 5.41) is 0. The smallest absolute Gasteiger partial charge is 0.244 e. The molecule has 0 saturated carbocycles. The monoisotopic (exact) mass is 363 g/mol. The first kappa shape index (κ1) is 17.4. The molecule has 20 heavy (non-hydrogen) atoms. The number of hydrogen-bond donors (Lipinski definition) is 2. The first-order chi connectivity index (χ1) is 8.82. The lowest BCUT2D eigenvalue weighted by molar-refractivity contribution is 0.269. The fourth-order valence-corrected chi connectivity index (χ4v) is 4.43. The number of anilines is 1. The van der Waals surface area contributed by atoms with Crippen LogP contribution in [0.5, 0.6) is 0 Å². The number of nitrogens with two attached hydrogens (primary N) is 1. The van der Waals surface area contributed by atoms with Crippen molar-refractivity contribution < 1.29 is 8.42 Å². The van der Waals surface area contributed by atoms with E-state index in [1.54, 1.807) is 0 Å². The van der Waals surface area contributed by atoms with Crippen molar-refractivity contribution in [2.75, 3.05) is 5.73 Å². The van der Waals surface area contributed by atoms with Crippen molar-refractivity contribution in [3.05, 3.63) is 16.7 Å². The van der Waals surface area contributed by atoms with Gasteiger partial charge in [-0.15, -0.1) is 0 Å². The molecule has 0 aliphatic carbocycles. The van der Waals surface area contributed by atoms with Gasteiger partial charge >= 0.3 is 0 Å². The molecule has 1 aromatic heterocycles. The Balaban J connectivity index is 3.09. The van der Waals surface area contributed by atoms with E-state index in [0.717, 1.165) is 0 Å². The Hall–Kier alpha value is -0.660. The molecular weight excluding hydrogens is 342 g/mol. The highest BCUT2D eigenvalue weighted by atomic mass is 79.9. The zero-order valence-electron chi connectivity index (χ0n) is 12.5. The van der Waals surface area contributed by atoms with Gasteiger partial charge in [-0.2, -0.15) is 0 Å². The molecule has 1 aromatic rings. The summed E-state index contributed by atoms with van der Waals surface area (Å²) in [4.78, 5) is 3.86. The van der Waals surface area contributed by atoms with Gasteiger partial charge in [-0.1, -0.05) is 20.8 Å². The second-order valence-corrected chi connectivity index (χ2v) is 9.33. The van der Waals surface area contributed by atoms with Crippen molar-refractivity contribution in [3.63, 3.8) is 0 Å². The molecule has 0 bridgehead atoms. The van der Waals surface area contributed by atoms with Gasteiger partial charge in [0.1, 0.15) is 10.7 Å². The third kappa shape index (κ3) is 5.03. The van der Waals surface area contributed by atoms with Crippen LogP contribution in [0.15, 0.2) is 21.6 Å². The second-order valence-electron chi connectivity index (χ2n) is 6.76. The van der Waals surface area contributed by atoms with Crippen LogP contribution in [0, 0.1) is 5.41 Å². The van der Waals surface area contributed by atoms with E-state index in [4.69, 9.17) is 5.73 Å². The average molecular weight is 364 g/mol. The number of hydrogen-bond acceptors (Lipinski definition) is 4. The van der Waals surface area contributed by atoms with E-state index in [9.17, 15) is 8.42 Å². The van der Waals surface area contributed by atoms with Gasteiger partial charge in [-0.25, -0.2) is 18.1 Å². The number of nitrogens with zero attached hydrogens (tertiary/aromatic N) is 1. The summed E-state index contributed by atoms with van der Waals surface area (Å²) in [5.41, 5.74) is 5.10. The molecule has 0 fully saturated rings. The van der Waals surface area contributed by atoms with Gasteiger partial charge in [0.15, 0.2) is 0 Å². The highest BCUT2D eigenvalue weighted by molar-refractivity contribution is 9.10. The topological polar surface area (TPSA) is 85.1 Å². The lowest BCUT2D eigenvalue weighted by atomic mass is 9.82. The molecular formula is C13H22BrN3O2S. The second kappa shape index (κ2) is 5.61. The van der Waals surface area contributed by atoms with Crippen molar-refractivity contribution in [1.29, 1.82) is 0 Å². The zero-order valence-corrected chi connectivity index (χ0v) is 14.9. The van der Waals surface area contributed by atoms with Crippen LogP contribution in [-0.2, 0) is 10.0 Å². The lowest BCUT2D eigenvalue weighted by Gasteiger charge is -2.33. The van der Waals surface area contributed by atoms with E-state index in [1.165, 1.54) is 12.3 Å². The van der Waals surface area contributed by atoms with Gasteiger partial charge in [0.05, 0.1) is 0 Å². The minimum Gasteiger partial charge on any atom is -0.383 e. The van der Waals surface area contributed by atoms with Gasteiger partial charge in [-0.05, 0) is 47.7 Å². The van der Waals surface area contributed by atoms with Crippen LogP contribution in [0.3, 0.4) is 0 Å². The Morgan fingerprint density at radius 1 is 1.30 bits per heavy atom. The van der Waals surface area contributed by atoms with E-state index in [-0.39, 0.29) is 16.1 Å². The largest absolute Gasteiger partial charge is 0.383 e. The quantitative estimate of drug-likeness (QED) is 0.860. The molecule has 0 spiro atoms. The Labute approximate surface area is 129 Å². The predicted octanol–water partition coefficient (Wildman–Crippen LogP) is 2.92. The summed E-state index contributed by atoms with van der Waals surface area (Å²) in [5.74, 6) is -0.00717. The maximum Gasteiger partial charge on any atom is 0.244 e. The van der Waals surface area contributed by atoms with Crippen LogP contribution in [0.2, 0.25) is 0 Å². The molecule has 0 aliphatic rings. The van der Waals surface area contributed by atoms with Crippen molar-refractivity contribution in [1.82, 2.24) is 9.71 Å². The van der Waals surface area contributed by atoms with Gasteiger partial charge in [-0.3, -0.25) is 0 Å². The van der Waals surface area contributed by atoms with Crippen LogP contribution in [-0.4, -0.2) is 18.9 Å². The van der Waals surface area contributed by atoms with Crippen molar-refractivity contribution in [2.45, 2.75) is 51.5 Å². The fourth-order valence-electron chi connectivity index (χ4n) is 2.43. The normalized spacial score (nSPS) is 13.5. The van der Waals surface area contributed by atoms with Gasteiger partial charge in [0, 0.05) is 16.2 Å². The Morgan fingerprint density at radius 2 is 1.85 bits per heavy atom. The summed E-state index contributed by atoms with van der Waals surface area (Å²) < 4.78 is 28.2. The fraction of sp³-hybridized carbons (Fsp3) is 0.615. The van der Waals surface area contributed by atoms with E-state index >= 15 is 0 Å². The highest BCUT2D eigenvalue weighted by Gasteiger charge is 2.31. The first-order valence-electron chi connectivity index (χ1n) is 6.27. The number of sulfonamides is 1. The number of nitrogen functional groups attached to an aromatic ring is 1. The molecule has 0 radical (unpaired) electrons. The molecule has 7 heteroatoms. The van der Waals surface area contributed by atoms with Crippen molar-refractivity contribution in [3.8, 4) is 0 Å². The molecule has 0 aliphatic heterocycles. The van der Waals surface area contributed by atoms with Crippen LogP contribution in [0.4, 0.5) is 5.82 Å². The molecule has 1 rings (SSSR count). The first-order valence-corrected chi connectivity index (χ1v) is 8.55. The average Bonchev–Trinajstić information content (AvgIpc) is 2.15. The minimum atomic E-state index is -3.71. The van der Waals surface area contributed by atoms with Crippen LogP contribution >= 0.6 is 15.9 Å². The SMILES string of the molecule is CC(C)(C)CC(C)(C)NS(=O)(=O)c1cc(Br)cnc1N. The molecule has 0 unspecified atom stereocenters. The van der Waals surface area contributed by atoms with Gasteiger partial charge in [0.2, 0.25) is 10.0 Å². The molecule has 114 valence electrons. The molecule has 0 amide bonds. The maximum atomic E-state index is 12.5. The molecule has 0 aromatic carbocycles. The Morgan fingerprint density at radius 3 is 2.35 bits per heavy atom.